The summed E-state index contributed by atoms with van der Waals surface area (Å²) in [6.45, 7) is 4.50. The molecule has 1 aliphatic heterocycles. The number of carbonyl (C=O) groups is 2. The molecule has 0 spiro atoms. The normalized spacial score (nSPS) is 17.0. The Morgan fingerprint density at radius 3 is 2.75 bits per heavy atom. The molecule has 24 heavy (non-hydrogen) atoms. The van der Waals surface area contributed by atoms with E-state index in [1.807, 2.05) is 38.1 Å². The number of nitrogens with zero attached hydrogens (tertiary/aromatic N) is 3. The van der Waals surface area contributed by atoms with Crippen LogP contribution in [-0.2, 0) is 11.2 Å². The second-order valence-electron chi connectivity index (χ2n) is 6.36. The lowest BCUT2D eigenvalue weighted by Gasteiger charge is -2.36. The summed E-state index contributed by atoms with van der Waals surface area (Å²) in [4.78, 5) is 25.9. The van der Waals surface area contributed by atoms with E-state index in [4.69, 9.17) is 0 Å². The summed E-state index contributed by atoms with van der Waals surface area (Å²) in [7, 11) is 0. The molecular formula is C18H21N3O3. The molecule has 1 amide bonds. The SMILES string of the molecule is CC(C)n1cc(C(=O)N2CCc3ccccc3[C@@H]2CC(=O)O)cn1. The Morgan fingerprint density at radius 2 is 2.08 bits per heavy atom. The summed E-state index contributed by atoms with van der Waals surface area (Å²) in [6.07, 6.45) is 3.92. The molecule has 126 valence electrons. The van der Waals surface area contributed by atoms with Crippen molar-refractivity contribution < 1.29 is 14.7 Å². The molecule has 0 saturated heterocycles. The Bertz CT molecular complexity index is 766. The second kappa shape index (κ2) is 6.47. The summed E-state index contributed by atoms with van der Waals surface area (Å²) < 4.78 is 1.73. The first-order valence-corrected chi connectivity index (χ1v) is 8.12. The zero-order valence-corrected chi connectivity index (χ0v) is 13.8. The number of carboxylic acids is 1. The van der Waals surface area contributed by atoms with Gasteiger partial charge in [0, 0.05) is 18.8 Å². The number of hydrogen-bond acceptors (Lipinski definition) is 3. The van der Waals surface area contributed by atoms with Crippen molar-refractivity contribution in [2.45, 2.75) is 38.8 Å². The van der Waals surface area contributed by atoms with Gasteiger partial charge in [0.25, 0.3) is 5.91 Å². The maximum atomic E-state index is 12.9. The largest absolute Gasteiger partial charge is 0.481 e. The Balaban J connectivity index is 1.93. The van der Waals surface area contributed by atoms with Crippen LogP contribution in [0.5, 0.6) is 0 Å². The van der Waals surface area contributed by atoms with Crippen LogP contribution in [0.2, 0.25) is 0 Å². The van der Waals surface area contributed by atoms with Gasteiger partial charge in [-0.3, -0.25) is 14.3 Å². The van der Waals surface area contributed by atoms with Crippen molar-refractivity contribution in [3.05, 3.63) is 53.3 Å². The third-order valence-corrected chi connectivity index (χ3v) is 4.42. The van der Waals surface area contributed by atoms with Crippen LogP contribution in [0.15, 0.2) is 36.7 Å². The third-order valence-electron chi connectivity index (χ3n) is 4.42. The summed E-state index contributed by atoms with van der Waals surface area (Å²) in [5.41, 5.74) is 2.54. The van der Waals surface area contributed by atoms with Gasteiger partial charge in [-0.05, 0) is 31.4 Å². The number of carbonyl (C=O) groups excluding carboxylic acids is 1. The quantitative estimate of drug-likeness (QED) is 0.937. The highest BCUT2D eigenvalue weighted by atomic mass is 16.4. The van der Waals surface area contributed by atoms with Crippen LogP contribution in [0.3, 0.4) is 0 Å². The molecule has 0 unspecified atom stereocenters. The molecule has 0 aliphatic carbocycles. The first-order valence-electron chi connectivity index (χ1n) is 8.12. The molecule has 6 nitrogen and oxygen atoms in total. The number of amides is 1. The van der Waals surface area contributed by atoms with Gasteiger partial charge in [0.15, 0.2) is 0 Å². The van der Waals surface area contributed by atoms with E-state index in [0.717, 1.165) is 17.5 Å². The van der Waals surface area contributed by atoms with Crippen molar-refractivity contribution in [3.63, 3.8) is 0 Å². The van der Waals surface area contributed by atoms with Gasteiger partial charge in [0.05, 0.1) is 24.2 Å². The van der Waals surface area contributed by atoms with Gasteiger partial charge in [-0.15, -0.1) is 0 Å². The van der Waals surface area contributed by atoms with E-state index >= 15 is 0 Å². The molecular weight excluding hydrogens is 306 g/mol. The third kappa shape index (κ3) is 3.04. The van der Waals surface area contributed by atoms with Gasteiger partial charge in [0.2, 0.25) is 0 Å². The zero-order valence-electron chi connectivity index (χ0n) is 13.8. The lowest BCUT2D eigenvalue weighted by Crippen LogP contribution is -2.40. The molecule has 0 saturated carbocycles. The highest BCUT2D eigenvalue weighted by Crippen LogP contribution is 2.33. The van der Waals surface area contributed by atoms with E-state index in [2.05, 4.69) is 5.10 Å². The predicted molar refractivity (Wildman–Crippen MR) is 88.8 cm³/mol. The van der Waals surface area contributed by atoms with E-state index < -0.39 is 12.0 Å². The molecule has 1 atom stereocenters. The average Bonchev–Trinajstić information content (AvgIpc) is 3.04. The van der Waals surface area contributed by atoms with Gasteiger partial charge < -0.3 is 10.0 Å². The fraction of sp³-hybridized carbons (Fsp3) is 0.389. The molecule has 6 heteroatoms. The second-order valence-corrected chi connectivity index (χ2v) is 6.36. The maximum Gasteiger partial charge on any atom is 0.305 e. The Kier molecular flexibility index (Phi) is 4.38. The van der Waals surface area contributed by atoms with E-state index in [9.17, 15) is 14.7 Å². The minimum Gasteiger partial charge on any atom is -0.481 e. The summed E-state index contributed by atoms with van der Waals surface area (Å²) in [5.74, 6) is -1.07. The van der Waals surface area contributed by atoms with Crippen LogP contribution in [-0.4, -0.2) is 38.2 Å². The van der Waals surface area contributed by atoms with Gasteiger partial charge in [-0.25, -0.2) is 0 Å². The van der Waals surface area contributed by atoms with Crippen molar-refractivity contribution in [2.75, 3.05) is 6.54 Å². The molecule has 0 bridgehead atoms. The van der Waals surface area contributed by atoms with Gasteiger partial charge in [-0.1, -0.05) is 24.3 Å². The van der Waals surface area contributed by atoms with E-state index in [0.29, 0.717) is 12.1 Å². The highest BCUT2D eigenvalue weighted by molar-refractivity contribution is 5.94. The first-order chi connectivity index (χ1) is 11.5. The predicted octanol–water partition coefficient (Wildman–Crippen LogP) is 2.68. The molecule has 1 aromatic heterocycles. The average molecular weight is 327 g/mol. The van der Waals surface area contributed by atoms with Crippen molar-refractivity contribution in [3.8, 4) is 0 Å². The molecule has 0 radical (unpaired) electrons. The lowest BCUT2D eigenvalue weighted by molar-refractivity contribution is -0.138. The number of aliphatic carboxylic acids is 1. The lowest BCUT2D eigenvalue weighted by atomic mass is 9.90. The van der Waals surface area contributed by atoms with E-state index in [-0.39, 0.29) is 18.4 Å². The maximum absolute atomic E-state index is 12.9. The van der Waals surface area contributed by atoms with E-state index in [1.165, 1.54) is 0 Å². The zero-order chi connectivity index (χ0) is 17.3. The summed E-state index contributed by atoms with van der Waals surface area (Å²) in [5, 5.41) is 13.5. The monoisotopic (exact) mass is 327 g/mol. The molecule has 1 aliphatic rings. The van der Waals surface area contributed by atoms with Crippen LogP contribution >= 0.6 is 0 Å². The Labute approximate surface area is 140 Å². The van der Waals surface area contributed by atoms with Crippen LogP contribution in [0.4, 0.5) is 0 Å². The van der Waals surface area contributed by atoms with Crippen LogP contribution in [0.1, 0.15) is 53.8 Å². The molecule has 2 aromatic rings. The molecule has 1 aromatic carbocycles. The fourth-order valence-corrected chi connectivity index (χ4v) is 3.18. The van der Waals surface area contributed by atoms with Crippen molar-refractivity contribution in [2.24, 2.45) is 0 Å². The van der Waals surface area contributed by atoms with Gasteiger partial charge in [-0.2, -0.15) is 5.10 Å². The number of fused-ring (bicyclic) bond motifs is 1. The van der Waals surface area contributed by atoms with Crippen molar-refractivity contribution >= 4 is 11.9 Å². The standard InChI is InChI=1S/C18H21N3O3/c1-12(2)21-11-14(10-19-21)18(24)20-8-7-13-5-3-4-6-15(13)16(20)9-17(22)23/h3-6,10-12,16H,7-9H2,1-2H3,(H,22,23)/t16-/m0/s1. The van der Waals surface area contributed by atoms with Crippen LogP contribution < -0.4 is 0 Å². The minimum absolute atomic E-state index is 0.0962. The molecule has 3 rings (SSSR count). The Morgan fingerprint density at radius 1 is 1.33 bits per heavy atom. The number of aromatic nitrogens is 2. The number of benzene rings is 1. The van der Waals surface area contributed by atoms with Crippen molar-refractivity contribution in [1.82, 2.24) is 14.7 Å². The van der Waals surface area contributed by atoms with Crippen LogP contribution in [0, 0.1) is 0 Å². The number of rotatable bonds is 4. The highest BCUT2D eigenvalue weighted by Gasteiger charge is 2.33. The fourth-order valence-electron chi connectivity index (χ4n) is 3.18. The summed E-state index contributed by atoms with van der Waals surface area (Å²) >= 11 is 0. The molecule has 0 fully saturated rings. The summed E-state index contributed by atoms with van der Waals surface area (Å²) in [6, 6.07) is 7.48. The minimum atomic E-state index is -0.910. The number of carboxylic acid groups (broad SMARTS) is 1. The number of hydrogen-bond donors (Lipinski definition) is 1. The topological polar surface area (TPSA) is 75.4 Å². The van der Waals surface area contributed by atoms with Gasteiger partial charge in [0.1, 0.15) is 0 Å². The van der Waals surface area contributed by atoms with E-state index in [1.54, 1.807) is 22.0 Å². The van der Waals surface area contributed by atoms with Crippen LogP contribution in [0.25, 0.3) is 0 Å². The molecule has 1 N–H and O–H groups in total. The first kappa shape index (κ1) is 16.2. The molecule has 2 heterocycles. The Hall–Kier alpha value is -2.63. The van der Waals surface area contributed by atoms with Crippen molar-refractivity contribution in [1.29, 1.82) is 0 Å². The smallest absolute Gasteiger partial charge is 0.305 e. The van der Waals surface area contributed by atoms with Gasteiger partial charge >= 0.3 is 5.97 Å².